The molecule has 1 saturated heterocycles. The van der Waals surface area contributed by atoms with E-state index >= 15 is 0 Å². The number of rotatable bonds is 5. The second-order valence-corrected chi connectivity index (χ2v) is 6.26. The summed E-state index contributed by atoms with van der Waals surface area (Å²) in [5, 5.41) is 9.12. The molecule has 3 rings (SSSR count). The number of morpholine rings is 1. The molecule has 6 heteroatoms. The van der Waals surface area contributed by atoms with Crippen molar-refractivity contribution in [2.75, 3.05) is 25.1 Å². The molecule has 6 nitrogen and oxygen atoms in total. The molecular weight excluding hydrogens is 294 g/mol. The summed E-state index contributed by atoms with van der Waals surface area (Å²) in [5.41, 5.74) is 2.21. The van der Waals surface area contributed by atoms with E-state index < -0.39 is 0 Å². The smallest absolute Gasteiger partial charge is 0.251 e. The van der Waals surface area contributed by atoms with Crippen molar-refractivity contribution in [3.05, 3.63) is 29.3 Å². The van der Waals surface area contributed by atoms with E-state index in [1.807, 2.05) is 13.0 Å². The van der Waals surface area contributed by atoms with Crippen molar-refractivity contribution in [1.82, 2.24) is 10.6 Å². The minimum absolute atomic E-state index is 0.0467. The van der Waals surface area contributed by atoms with E-state index in [0.29, 0.717) is 36.9 Å². The fourth-order valence-corrected chi connectivity index (χ4v) is 2.57. The zero-order valence-electron chi connectivity index (χ0n) is 13.4. The Morgan fingerprint density at radius 2 is 2.17 bits per heavy atom. The lowest BCUT2D eigenvalue weighted by Crippen LogP contribution is -2.43. The van der Waals surface area contributed by atoms with Gasteiger partial charge < -0.3 is 20.7 Å². The van der Waals surface area contributed by atoms with Gasteiger partial charge in [-0.3, -0.25) is 9.59 Å². The molecule has 0 bridgehead atoms. The fourth-order valence-electron chi connectivity index (χ4n) is 2.57. The van der Waals surface area contributed by atoms with Crippen molar-refractivity contribution < 1.29 is 14.3 Å². The van der Waals surface area contributed by atoms with Crippen molar-refractivity contribution in [1.29, 1.82) is 0 Å². The number of hydrogen-bond acceptors (Lipinski definition) is 4. The van der Waals surface area contributed by atoms with Crippen LogP contribution in [-0.2, 0) is 9.53 Å². The highest BCUT2D eigenvalue weighted by molar-refractivity contribution is 5.98. The van der Waals surface area contributed by atoms with E-state index in [2.05, 4.69) is 16.0 Å². The molecule has 124 valence electrons. The summed E-state index contributed by atoms with van der Waals surface area (Å²) in [5.74, 6) is -0.152. The first-order chi connectivity index (χ1) is 11.1. The Kier molecular flexibility index (Phi) is 4.93. The molecule has 2 fully saturated rings. The van der Waals surface area contributed by atoms with Crippen LogP contribution in [0.4, 0.5) is 5.69 Å². The van der Waals surface area contributed by atoms with Crippen molar-refractivity contribution in [2.45, 2.75) is 38.3 Å². The minimum Gasteiger partial charge on any atom is -0.378 e. The summed E-state index contributed by atoms with van der Waals surface area (Å²) in [6.45, 7) is 3.93. The van der Waals surface area contributed by atoms with Crippen molar-refractivity contribution >= 4 is 17.5 Å². The Bertz CT molecular complexity index is 593. The van der Waals surface area contributed by atoms with Crippen LogP contribution in [0.25, 0.3) is 0 Å². The Hall–Kier alpha value is -1.92. The van der Waals surface area contributed by atoms with Crippen LogP contribution in [0.2, 0.25) is 0 Å². The first-order valence-corrected chi connectivity index (χ1v) is 8.14. The molecule has 1 saturated carbocycles. The molecular formula is C17H23N3O3. The molecule has 1 aromatic carbocycles. The maximum atomic E-state index is 12.2. The molecule has 0 spiro atoms. The van der Waals surface area contributed by atoms with E-state index in [1.165, 1.54) is 0 Å². The number of amides is 2. The van der Waals surface area contributed by atoms with Gasteiger partial charge in [-0.1, -0.05) is 6.07 Å². The molecule has 1 heterocycles. The average molecular weight is 317 g/mol. The first-order valence-electron chi connectivity index (χ1n) is 8.14. The van der Waals surface area contributed by atoms with Crippen LogP contribution in [0.3, 0.4) is 0 Å². The van der Waals surface area contributed by atoms with Gasteiger partial charge in [0.05, 0.1) is 13.2 Å². The van der Waals surface area contributed by atoms with Crippen molar-refractivity contribution in [3.8, 4) is 0 Å². The average Bonchev–Trinajstić information content (AvgIpc) is 3.34. The summed E-state index contributed by atoms with van der Waals surface area (Å²) in [7, 11) is 0. The molecule has 2 aliphatic rings. The molecule has 23 heavy (non-hydrogen) atoms. The number of carbonyl (C=O) groups excluding carboxylic acids is 2. The topological polar surface area (TPSA) is 79.5 Å². The van der Waals surface area contributed by atoms with Crippen molar-refractivity contribution in [2.24, 2.45) is 0 Å². The Labute approximate surface area is 136 Å². The van der Waals surface area contributed by atoms with E-state index in [-0.39, 0.29) is 17.9 Å². The van der Waals surface area contributed by atoms with Crippen LogP contribution in [-0.4, -0.2) is 43.7 Å². The summed E-state index contributed by atoms with van der Waals surface area (Å²) >= 11 is 0. The predicted molar refractivity (Wildman–Crippen MR) is 87.5 cm³/mol. The van der Waals surface area contributed by atoms with Gasteiger partial charge in [0.1, 0.15) is 0 Å². The monoisotopic (exact) mass is 317 g/mol. The predicted octanol–water partition coefficient (Wildman–Crippen LogP) is 1.20. The van der Waals surface area contributed by atoms with Crippen LogP contribution in [0.15, 0.2) is 18.2 Å². The quantitative estimate of drug-likeness (QED) is 0.762. The molecule has 0 aromatic heterocycles. The molecule has 1 aromatic rings. The van der Waals surface area contributed by atoms with Gasteiger partial charge in [-0.2, -0.15) is 0 Å². The summed E-state index contributed by atoms with van der Waals surface area (Å²) in [6.07, 6.45) is 2.47. The third-order valence-corrected chi connectivity index (χ3v) is 4.12. The summed E-state index contributed by atoms with van der Waals surface area (Å²) in [4.78, 5) is 24.3. The summed E-state index contributed by atoms with van der Waals surface area (Å²) in [6, 6.07) is 5.76. The number of ether oxygens (including phenoxy) is 1. The number of nitrogens with one attached hydrogen (secondary N) is 3. The van der Waals surface area contributed by atoms with Gasteiger partial charge in [0.2, 0.25) is 5.91 Å². The van der Waals surface area contributed by atoms with Crippen LogP contribution < -0.4 is 16.0 Å². The van der Waals surface area contributed by atoms with Gasteiger partial charge >= 0.3 is 0 Å². The van der Waals surface area contributed by atoms with E-state index in [1.54, 1.807) is 12.1 Å². The van der Waals surface area contributed by atoms with E-state index in [4.69, 9.17) is 4.74 Å². The molecule has 3 N–H and O–H groups in total. The third kappa shape index (κ3) is 4.53. The molecule has 2 amide bonds. The highest BCUT2D eigenvalue weighted by Gasteiger charge is 2.24. The highest BCUT2D eigenvalue weighted by Crippen LogP contribution is 2.21. The van der Waals surface area contributed by atoms with E-state index in [0.717, 1.165) is 24.9 Å². The summed E-state index contributed by atoms with van der Waals surface area (Å²) < 4.78 is 5.35. The van der Waals surface area contributed by atoms with Gasteiger partial charge in [0.15, 0.2) is 0 Å². The lowest BCUT2D eigenvalue weighted by molar-refractivity contribution is -0.117. The van der Waals surface area contributed by atoms with Gasteiger partial charge in [0.25, 0.3) is 5.91 Å². The normalized spacial score (nSPS) is 20.8. The van der Waals surface area contributed by atoms with Gasteiger partial charge in [-0.15, -0.1) is 0 Å². The molecule has 1 aliphatic heterocycles. The number of carbonyl (C=O) groups is 2. The number of aryl methyl sites for hydroxylation is 1. The molecule has 1 aliphatic carbocycles. The Balaban J connectivity index is 1.61. The zero-order valence-corrected chi connectivity index (χ0v) is 13.4. The maximum absolute atomic E-state index is 12.2. The van der Waals surface area contributed by atoms with Crippen molar-refractivity contribution in [3.63, 3.8) is 0 Å². The molecule has 1 atom stereocenters. The lowest BCUT2D eigenvalue weighted by atomic mass is 10.1. The SMILES string of the molecule is Cc1ccc(C(=O)NC2CC2)cc1NC(=O)CC1COCCN1. The maximum Gasteiger partial charge on any atom is 0.251 e. The number of hydrogen-bond donors (Lipinski definition) is 3. The zero-order chi connectivity index (χ0) is 16.2. The van der Waals surface area contributed by atoms with Crippen LogP contribution >= 0.6 is 0 Å². The first kappa shape index (κ1) is 16.0. The Morgan fingerprint density at radius 1 is 1.35 bits per heavy atom. The highest BCUT2D eigenvalue weighted by atomic mass is 16.5. The molecule has 0 radical (unpaired) electrons. The fraction of sp³-hybridized carbons (Fsp3) is 0.529. The largest absolute Gasteiger partial charge is 0.378 e. The number of benzene rings is 1. The van der Waals surface area contributed by atoms with Crippen LogP contribution in [0.1, 0.15) is 35.2 Å². The Morgan fingerprint density at radius 3 is 2.87 bits per heavy atom. The van der Waals surface area contributed by atoms with E-state index in [9.17, 15) is 9.59 Å². The standard InChI is InChI=1S/C17H23N3O3/c1-11-2-3-12(17(22)19-13-4-5-13)8-15(11)20-16(21)9-14-10-23-7-6-18-14/h2-3,8,13-14,18H,4-7,9-10H2,1H3,(H,19,22)(H,20,21). The van der Waals surface area contributed by atoms with Gasteiger partial charge in [-0.25, -0.2) is 0 Å². The minimum atomic E-state index is -0.0784. The molecule has 1 unspecified atom stereocenters. The van der Waals surface area contributed by atoms with Crippen LogP contribution in [0.5, 0.6) is 0 Å². The third-order valence-electron chi connectivity index (χ3n) is 4.12. The number of anilines is 1. The van der Waals surface area contributed by atoms with Gasteiger partial charge in [0, 0.05) is 36.3 Å². The second kappa shape index (κ2) is 7.10. The second-order valence-electron chi connectivity index (χ2n) is 6.26. The van der Waals surface area contributed by atoms with Gasteiger partial charge in [-0.05, 0) is 37.5 Å². The lowest BCUT2D eigenvalue weighted by Gasteiger charge is -2.23. The van der Waals surface area contributed by atoms with Crippen LogP contribution in [0, 0.1) is 6.92 Å².